The second-order valence-corrected chi connectivity index (χ2v) is 10.6. The molecule has 0 spiro atoms. The molecule has 2 heterocycles. The van der Waals surface area contributed by atoms with E-state index in [0.29, 0.717) is 24.4 Å². The number of aryl methyl sites for hydroxylation is 1. The van der Waals surface area contributed by atoms with E-state index in [1.807, 2.05) is 0 Å². The SMILES string of the molecule is Cc1ccc([SiH3])c(CCC2CCC3OC3C2)c1CCC1CCC2OC2C1. The molecule has 142 valence electrons. The van der Waals surface area contributed by atoms with E-state index < -0.39 is 0 Å². The van der Waals surface area contributed by atoms with E-state index in [4.69, 9.17) is 9.47 Å². The normalized spacial score (nSPS) is 37.9. The highest BCUT2D eigenvalue weighted by molar-refractivity contribution is 6.33. The molecule has 1 aromatic rings. The van der Waals surface area contributed by atoms with Gasteiger partial charge in [0.05, 0.1) is 24.4 Å². The lowest BCUT2D eigenvalue weighted by atomic mass is 9.82. The molecular weight excluding hydrogens is 336 g/mol. The lowest BCUT2D eigenvalue weighted by molar-refractivity contribution is 0.349. The van der Waals surface area contributed by atoms with E-state index in [1.165, 1.54) is 80.0 Å². The molecule has 2 saturated carbocycles. The molecule has 4 fully saturated rings. The van der Waals surface area contributed by atoms with Crippen LogP contribution >= 0.6 is 0 Å². The average molecular weight is 371 g/mol. The molecule has 0 amide bonds. The monoisotopic (exact) mass is 370 g/mol. The van der Waals surface area contributed by atoms with Crippen LogP contribution in [0.2, 0.25) is 0 Å². The standard InChI is InChI=1S/C23H34O2Si/c1-14-2-11-23(26)18(8-4-16-6-10-20-22(13-16)25-20)17(14)7-3-15-5-9-19-21(12-15)24-19/h2,11,15-16,19-22H,3-10,12-13H2,1,26H3. The molecule has 5 rings (SSSR count). The Morgan fingerprint density at radius 3 is 1.96 bits per heavy atom. The molecule has 3 heteroatoms. The molecule has 6 unspecified atom stereocenters. The molecule has 26 heavy (non-hydrogen) atoms. The summed E-state index contributed by atoms with van der Waals surface area (Å²) in [6.45, 7) is 2.34. The van der Waals surface area contributed by atoms with Gasteiger partial charge in [-0.1, -0.05) is 17.3 Å². The first kappa shape index (κ1) is 17.5. The Morgan fingerprint density at radius 1 is 0.808 bits per heavy atom. The van der Waals surface area contributed by atoms with Crippen molar-refractivity contribution in [3.05, 3.63) is 28.8 Å². The lowest BCUT2D eigenvalue weighted by Crippen LogP contribution is -2.20. The quantitative estimate of drug-likeness (QED) is 0.568. The number of hydrogen-bond donors (Lipinski definition) is 0. The van der Waals surface area contributed by atoms with E-state index in [2.05, 4.69) is 19.1 Å². The molecule has 4 aliphatic rings. The zero-order valence-corrected chi connectivity index (χ0v) is 18.5. The predicted molar refractivity (Wildman–Crippen MR) is 109 cm³/mol. The van der Waals surface area contributed by atoms with Crippen molar-refractivity contribution in [1.82, 2.24) is 0 Å². The van der Waals surface area contributed by atoms with Crippen LogP contribution in [-0.4, -0.2) is 34.7 Å². The Bertz CT molecular complexity index is 615. The van der Waals surface area contributed by atoms with Gasteiger partial charge in [0.1, 0.15) is 0 Å². The van der Waals surface area contributed by atoms with E-state index >= 15 is 0 Å². The summed E-state index contributed by atoms with van der Waals surface area (Å²) in [5.74, 6) is 1.79. The third-order valence-corrected chi connectivity index (χ3v) is 8.67. The topological polar surface area (TPSA) is 25.1 Å². The lowest BCUT2D eigenvalue weighted by Gasteiger charge is -2.23. The molecule has 0 N–H and O–H groups in total. The highest BCUT2D eigenvalue weighted by Crippen LogP contribution is 2.42. The Labute approximate surface area is 161 Å². The molecule has 2 nitrogen and oxygen atoms in total. The fourth-order valence-corrected chi connectivity index (χ4v) is 6.54. The first-order valence-electron chi connectivity index (χ1n) is 11.1. The molecule has 2 aliphatic heterocycles. The van der Waals surface area contributed by atoms with Crippen molar-refractivity contribution < 1.29 is 9.47 Å². The van der Waals surface area contributed by atoms with Crippen LogP contribution in [0.1, 0.15) is 68.1 Å². The highest BCUT2D eigenvalue weighted by Gasteiger charge is 2.44. The average Bonchev–Trinajstić information content (AvgIpc) is 3.54. The summed E-state index contributed by atoms with van der Waals surface area (Å²) in [6, 6.07) is 4.79. The van der Waals surface area contributed by atoms with Gasteiger partial charge in [-0.25, -0.2) is 0 Å². The van der Waals surface area contributed by atoms with Gasteiger partial charge in [0.2, 0.25) is 0 Å². The number of epoxide rings is 2. The Hall–Kier alpha value is -0.643. The highest BCUT2D eigenvalue weighted by atomic mass is 28.1. The van der Waals surface area contributed by atoms with Gasteiger partial charge in [-0.2, -0.15) is 0 Å². The van der Waals surface area contributed by atoms with Gasteiger partial charge >= 0.3 is 0 Å². The number of ether oxygens (including phenoxy) is 2. The van der Waals surface area contributed by atoms with Crippen LogP contribution in [0.3, 0.4) is 0 Å². The molecule has 0 radical (unpaired) electrons. The van der Waals surface area contributed by atoms with E-state index in [0.717, 1.165) is 11.8 Å². The van der Waals surface area contributed by atoms with Gasteiger partial charge in [-0.15, -0.1) is 0 Å². The van der Waals surface area contributed by atoms with Crippen molar-refractivity contribution in [2.24, 2.45) is 11.8 Å². The van der Waals surface area contributed by atoms with E-state index in [1.54, 1.807) is 16.3 Å². The summed E-state index contributed by atoms with van der Waals surface area (Å²) < 4.78 is 11.5. The zero-order chi connectivity index (χ0) is 17.7. The molecule has 0 aromatic heterocycles. The molecule has 2 aliphatic carbocycles. The van der Waals surface area contributed by atoms with Crippen LogP contribution in [0.15, 0.2) is 12.1 Å². The van der Waals surface area contributed by atoms with Crippen molar-refractivity contribution in [3.8, 4) is 0 Å². The number of fused-ring (bicyclic) bond motifs is 2. The number of hydrogen-bond acceptors (Lipinski definition) is 2. The Kier molecular flexibility index (Phi) is 4.75. The predicted octanol–water partition coefficient (Wildman–Crippen LogP) is 2.99. The molecule has 1 aromatic carbocycles. The third kappa shape index (κ3) is 3.68. The Morgan fingerprint density at radius 2 is 1.38 bits per heavy atom. The minimum absolute atomic E-state index is 0.624. The van der Waals surface area contributed by atoms with Gasteiger partial charge in [-0.05, 0) is 99.7 Å². The first-order valence-corrected chi connectivity index (χ1v) is 12.1. The van der Waals surface area contributed by atoms with Gasteiger partial charge < -0.3 is 9.47 Å². The third-order valence-electron chi connectivity index (χ3n) is 7.73. The number of benzene rings is 1. The smallest absolute Gasteiger partial charge is 0.0844 e. The maximum Gasteiger partial charge on any atom is 0.0844 e. The molecule has 2 saturated heterocycles. The minimum Gasteiger partial charge on any atom is -0.370 e. The van der Waals surface area contributed by atoms with Gasteiger partial charge in [-0.3, -0.25) is 0 Å². The van der Waals surface area contributed by atoms with Crippen molar-refractivity contribution >= 4 is 15.4 Å². The van der Waals surface area contributed by atoms with E-state index in [9.17, 15) is 0 Å². The van der Waals surface area contributed by atoms with E-state index in [-0.39, 0.29) is 0 Å². The van der Waals surface area contributed by atoms with Crippen LogP contribution in [0, 0.1) is 18.8 Å². The first-order chi connectivity index (χ1) is 12.7. The van der Waals surface area contributed by atoms with Crippen LogP contribution in [0.4, 0.5) is 0 Å². The largest absolute Gasteiger partial charge is 0.370 e. The number of rotatable bonds is 6. The van der Waals surface area contributed by atoms with Crippen molar-refractivity contribution in [3.63, 3.8) is 0 Å². The fourth-order valence-electron chi connectivity index (χ4n) is 5.82. The van der Waals surface area contributed by atoms with Crippen LogP contribution in [-0.2, 0) is 22.3 Å². The maximum absolute atomic E-state index is 5.74. The second kappa shape index (κ2) is 7.07. The van der Waals surface area contributed by atoms with Crippen molar-refractivity contribution in [2.45, 2.75) is 95.5 Å². The summed E-state index contributed by atoms with van der Waals surface area (Å²) in [5.41, 5.74) is 4.96. The van der Waals surface area contributed by atoms with Gasteiger partial charge in [0, 0.05) is 10.2 Å². The summed E-state index contributed by atoms with van der Waals surface area (Å²) in [4.78, 5) is 0. The minimum atomic E-state index is 0.624. The van der Waals surface area contributed by atoms with Crippen molar-refractivity contribution in [1.29, 1.82) is 0 Å². The van der Waals surface area contributed by atoms with Gasteiger partial charge in [0.15, 0.2) is 0 Å². The Balaban J connectivity index is 1.23. The molecule has 6 atom stereocenters. The van der Waals surface area contributed by atoms with Crippen LogP contribution in [0.5, 0.6) is 0 Å². The van der Waals surface area contributed by atoms with Crippen LogP contribution < -0.4 is 5.19 Å². The summed E-state index contributed by atoms with van der Waals surface area (Å²) in [6.07, 6.45) is 15.9. The molecule has 0 bridgehead atoms. The summed E-state index contributed by atoms with van der Waals surface area (Å²) in [5, 5.41) is 1.65. The summed E-state index contributed by atoms with van der Waals surface area (Å²) in [7, 11) is 1.18. The summed E-state index contributed by atoms with van der Waals surface area (Å²) >= 11 is 0. The van der Waals surface area contributed by atoms with Crippen molar-refractivity contribution in [2.75, 3.05) is 0 Å². The second-order valence-electron chi connectivity index (χ2n) is 9.52. The van der Waals surface area contributed by atoms with Gasteiger partial charge in [0.25, 0.3) is 0 Å². The molecular formula is C23H34O2Si. The van der Waals surface area contributed by atoms with Crippen LogP contribution in [0.25, 0.3) is 0 Å². The maximum atomic E-state index is 5.74. The fraction of sp³-hybridized carbons (Fsp3) is 0.739. The zero-order valence-electron chi connectivity index (χ0n) is 16.5.